The number of nitrogens with zero attached hydrogens (tertiary/aromatic N) is 3. The van der Waals surface area contributed by atoms with E-state index >= 15 is 0 Å². The van der Waals surface area contributed by atoms with Gasteiger partial charge in [0.05, 0.1) is 32.3 Å². The van der Waals surface area contributed by atoms with Gasteiger partial charge < -0.3 is 15.9 Å². The van der Waals surface area contributed by atoms with E-state index in [1.54, 1.807) is 0 Å². The molecule has 1 aliphatic heterocycles. The van der Waals surface area contributed by atoms with E-state index in [4.69, 9.17) is 9.11 Å². The molecule has 0 saturated carbocycles. The van der Waals surface area contributed by atoms with E-state index in [0.29, 0.717) is 5.01 Å². The molecule has 1 aromatic heterocycles. The molecule has 0 spiro atoms. The van der Waals surface area contributed by atoms with Gasteiger partial charge in [0.25, 0.3) is 31.7 Å². The van der Waals surface area contributed by atoms with Crippen molar-refractivity contribution in [3.05, 3.63) is 87.9 Å². The molecule has 2 aromatic carbocycles. The summed E-state index contributed by atoms with van der Waals surface area (Å²) in [5, 5.41) is 25.9. The first-order chi connectivity index (χ1) is 19.1. The first kappa shape index (κ1) is 43.8. The zero-order valence-electron chi connectivity index (χ0n) is 28.1. The van der Waals surface area contributed by atoms with Crippen LogP contribution in [0.2, 0.25) is 0 Å². The number of benzene rings is 2. The van der Waals surface area contributed by atoms with Gasteiger partial charge in [-0.3, -0.25) is 23.8 Å². The van der Waals surface area contributed by atoms with Gasteiger partial charge in [0.2, 0.25) is 0 Å². The van der Waals surface area contributed by atoms with Gasteiger partial charge in [0, 0.05) is 0 Å². The number of amides is 1. The number of hydrazone groups is 1. The molecular weight excluding hydrogens is 680 g/mol. The number of aliphatic carboxylic acids is 1. The molecule has 0 aliphatic carbocycles. The molecule has 1 amide bonds. The van der Waals surface area contributed by atoms with Crippen LogP contribution in [-0.2, 0) is 29.8 Å². The Balaban J connectivity index is -0.000000807. The molecule has 0 saturated heterocycles. The second kappa shape index (κ2) is 17.3. The Kier molecular flexibility index (Phi) is 16.8. The van der Waals surface area contributed by atoms with Crippen LogP contribution < -0.4 is 129 Å². The number of aromatic nitrogens is 2. The van der Waals surface area contributed by atoms with Gasteiger partial charge in [-0.05, 0) is 60.7 Å². The fourth-order valence-electron chi connectivity index (χ4n) is 3.67. The van der Waals surface area contributed by atoms with E-state index in [1.807, 2.05) is 0 Å². The Morgan fingerprint density at radius 3 is 1.67 bits per heavy atom. The molecule has 16 nitrogen and oxygen atoms in total. The maximum absolute atomic E-state index is 12.9. The minimum absolute atomic E-state index is 0. The number of aromatic carboxylic acids is 1. The third-order valence-electron chi connectivity index (χ3n) is 5.52. The molecule has 4 rings (SSSR count). The number of carboxylic acid groups (broad SMARTS) is 2. The predicted octanol–water partition coefficient (Wildman–Crippen LogP) is -10.7. The average molecular weight is 701 g/mol. The van der Waals surface area contributed by atoms with Crippen LogP contribution in [0.4, 0.5) is 5.69 Å². The predicted molar refractivity (Wildman–Crippen MR) is 144 cm³/mol. The smallest absolute Gasteiger partial charge is 1.00 e. The van der Waals surface area contributed by atoms with Crippen LogP contribution in [0, 0.1) is 0 Å². The number of rotatable bonds is 8. The largest absolute Gasteiger partial charge is 1.00 e. The average Bonchev–Trinajstić information content (AvgIpc) is 3.40. The fourth-order valence-corrected chi connectivity index (χ4v) is 4.63. The SMILES string of the molecule is O=C(O)C1=NN(c2ccc(S(=O)(=O)O)cc2)C(=O)C1=CC=Cc1c(C(=O)O)n(-c2ccc(S(=O)(=O)O)cc2)[nH]c1=O.[H-].[H-].[H-].[H-].[Na+].[Na+].[Na+].[Na+]. The monoisotopic (exact) mass is 700 g/mol. The van der Waals surface area contributed by atoms with E-state index < -0.39 is 76.0 Å². The van der Waals surface area contributed by atoms with Crippen molar-refractivity contribution in [2.45, 2.75) is 9.79 Å². The van der Waals surface area contributed by atoms with Crippen LogP contribution in [-0.4, -0.2) is 69.5 Å². The van der Waals surface area contributed by atoms with Gasteiger partial charge in [0.15, 0.2) is 11.4 Å². The molecule has 5 N–H and O–H groups in total. The van der Waals surface area contributed by atoms with Crippen LogP contribution in [0.3, 0.4) is 0 Å². The number of anilines is 1. The van der Waals surface area contributed by atoms with Gasteiger partial charge >= 0.3 is 130 Å². The summed E-state index contributed by atoms with van der Waals surface area (Å²) < 4.78 is 64.1. The number of hydrogen-bond donors (Lipinski definition) is 5. The Morgan fingerprint density at radius 2 is 1.24 bits per heavy atom. The standard InChI is InChI=1S/C23H16N4O12S2.4Na.4H/c28-20-17(19(23(32)33)26(25-20)12-4-8-14(9-5-12)40(34,35)36)3-1-2-16-18(22(30)31)24-27(21(16)29)13-6-10-15(11-7-13)41(37,38)39;;;;;;;;/h1-11H,(H,25,28)(H,30,31)(H,32,33)(H,34,35,36)(H,37,38,39);;;;;;;;/q;4*+1;4*-1. The normalized spacial score (nSPS) is 13.7. The zero-order valence-corrected chi connectivity index (χ0v) is 33.7. The summed E-state index contributed by atoms with van der Waals surface area (Å²) in [6, 6.07) is 8.37. The number of H-pyrrole nitrogens is 1. The fraction of sp³-hybridized carbons (Fsp3) is 0. The number of carbonyl (C=O) groups excluding carboxylic acids is 1. The quantitative estimate of drug-likeness (QED) is 0.0835. The van der Waals surface area contributed by atoms with Crippen molar-refractivity contribution in [1.82, 2.24) is 9.78 Å². The third kappa shape index (κ3) is 9.92. The number of carboxylic acids is 2. The Hall–Kier alpha value is -1.17. The molecular formula is C23H20N4Na4O12S2. The molecule has 0 fully saturated rings. The molecule has 0 atom stereocenters. The van der Waals surface area contributed by atoms with E-state index in [0.717, 1.165) is 71.4 Å². The second-order valence-corrected chi connectivity index (χ2v) is 10.9. The molecule has 0 unspecified atom stereocenters. The molecule has 3 aromatic rings. The Labute approximate surface area is 348 Å². The topological polar surface area (TPSA) is 254 Å². The van der Waals surface area contributed by atoms with Gasteiger partial charge in [-0.25, -0.2) is 14.3 Å². The Morgan fingerprint density at radius 1 is 0.778 bits per heavy atom. The summed E-state index contributed by atoms with van der Waals surface area (Å²) in [6.45, 7) is 0. The minimum atomic E-state index is -4.53. The number of aromatic amines is 1. The molecule has 0 bridgehead atoms. The molecule has 2 heterocycles. The van der Waals surface area contributed by atoms with Crippen LogP contribution in [0.25, 0.3) is 11.8 Å². The summed E-state index contributed by atoms with van der Waals surface area (Å²) in [5.74, 6) is -4.12. The van der Waals surface area contributed by atoms with Crippen LogP contribution in [0.1, 0.15) is 21.8 Å². The first-order valence-corrected chi connectivity index (χ1v) is 13.8. The van der Waals surface area contributed by atoms with Crippen molar-refractivity contribution in [2.24, 2.45) is 5.10 Å². The molecule has 1 aliphatic rings. The maximum atomic E-state index is 12.9. The number of allylic oxidation sites excluding steroid dienone is 2. The van der Waals surface area contributed by atoms with Crippen molar-refractivity contribution in [3.63, 3.8) is 0 Å². The van der Waals surface area contributed by atoms with E-state index in [9.17, 15) is 46.2 Å². The van der Waals surface area contributed by atoms with E-state index in [1.165, 1.54) is 0 Å². The molecule has 22 heteroatoms. The van der Waals surface area contributed by atoms with Gasteiger partial charge in [0.1, 0.15) is 0 Å². The van der Waals surface area contributed by atoms with E-state index in [-0.39, 0.29) is 135 Å². The number of hydrogen-bond acceptors (Lipinski definition) is 9. The van der Waals surface area contributed by atoms with Crippen LogP contribution in [0.15, 0.2) is 85.9 Å². The van der Waals surface area contributed by atoms with Crippen molar-refractivity contribution in [2.75, 3.05) is 5.01 Å². The zero-order chi connectivity index (χ0) is 30.3. The summed E-state index contributed by atoms with van der Waals surface area (Å²) in [7, 11) is -9.05. The van der Waals surface area contributed by atoms with Crippen molar-refractivity contribution in [1.29, 1.82) is 0 Å². The Bertz CT molecular complexity index is 2010. The van der Waals surface area contributed by atoms with Crippen LogP contribution >= 0.6 is 0 Å². The summed E-state index contributed by atoms with van der Waals surface area (Å²) in [6.07, 6.45) is 3.01. The minimum Gasteiger partial charge on any atom is -1.00 e. The number of carbonyl (C=O) groups is 3. The summed E-state index contributed by atoms with van der Waals surface area (Å²) >= 11 is 0. The molecule has 45 heavy (non-hydrogen) atoms. The van der Waals surface area contributed by atoms with Gasteiger partial charge in [-0.15, -0.1) is 0 Å². The second-order valence-electron chi connectivity index (χ2n) is 8.09. The van der Waals surface area contributed by atoms with Crippen LogP contribution in [0.5, 0.6) is 0 Å². The van der Waals surface area contributed by atoms with E-state index in [2.05, 4.69) is 10.2 Å². The summed E-state index contributed by atoms with van der Waals surface area (Å²) in [5.41, 5.74) is -3.08. The van der Waals surface area contributed by atoms with Crippen molar-refractivity contribution < 1.29 is 174 Å². The van der Waals surface area contributed by atoms with Crippen molar-refractivity contribution >= 4 is 55.6 Å². The third-order valence-corrected chi connectivity index (χ3v) is 7.25. The van der Waals surface area contributed by atoms with Crippen molar-refractivity contribution in [3.8, 4) is 5.69 Å². The molecule has 220 valence electrons. The molecule has 0 radical (unpaired) electrons. The van der Waals surface area contributed by atoms with Gasteiger partial charge in [-0.1, -0.05) is 6.08 Å². The number of nitrogens with one attached hydrogen (secondary N) is 1. The van der Waals surface area contributed by atoms with Gasteiger partial charge in [-0.2, -0.15) is 26.9 Å². The maximum Gasteiger partial charge on any atom is 1.00 e. The first-order valence-electron chi connectivity index (χ1n) is 10.9. The summed E-state index contributed by atoms with van der Waals surface area (Å²) in [4.78, 5) is 48.2.